The second-order valence-corrected chi connectivity index (χ2v) is 2.86. The van der Waals surface area contributed by atoms with Crippen molar-refractivity contribution in [3.05, 3.63) is 27.8 Å². The Morgan fingerprint density at radius 3 is 2.50 bits per heavy atom. The lowest BCUT2D eigenvalue weighted by Gasteiger charge is -2.07. The number of esters is 1. The molecular weight excluding hydrogens is 216 g/mol. The number of nitrogens with two attached hydrogens (primary N) is 1. The topological polar surface area (TPSA) is 105 Å². The maximum Gasteiger partial charge on any atom is 0.340 e. The molecule has 0 atom stereocenters. The summed E-state index contributed by atoms with van der Waals surface area (Å²) in [5.41, 5.74) is 5.20. The van der Waals surface area contributed by atoms with E-state index in [0.717, 1.165) is 6.07 Å². The van der Waals surface area contributed by atoms with Gasteiger partial charge in [-0.05, 0) is 0 Å². The number of hydrogen-bond donors (Lipinski definition) is 1. The third kappa shape index (κ3) is 2.02. The van der Waals surface area contributed by atoms with Crippen LogP contribution in [-0.4, -0.2) is 25.1 Å². The van der Waals surface area contributed by atoms with Crippen molar-refractivity contribution in [3.8, 4) is 5.75 Å². The third-order valence-corrected chi connectivity index (χ3v) is 1.95. The standard InChI is InChI=1S/C9H10N2O5/c1-15-8-3-5(9(12)16-2)6(10)4-7(8)11(13)14/h3-4H,10H2,1-2H3. The summed E-state index contributed by atoms with van der Waals surface area (Å²) in [5, 5.41) is 10.6. The first-order valence-corrected chi connectivity index (χ1v) is 4.21. The highest BCUT2D eigenvalue weighted by Crippen LogP contribution is 2.31. The number of hydrogen-bond acceptors (Lipinski definition) is 6. The van der Waals surface area contributed by atoms with E-state index in [1.807, 2.05) is 0 Å². The lowest BCUT2D eigenvalue weighted by Crippen LogP contribution is -2.07. The number of nitro groups is 1. The van der Waals surface area contributed by atoms with Gasteiger partial charge in [-0.1, -0.05) is 0 Å². The number of benzene rings is 1. The first-order chi connectivity index (χ1) is 7.51. The van der Waals surface area contributed by atoms with E-state index in [4.69, 9.17) is 10.5 Å². The number of rotatable bonds is 3. The predicted octanol–water partition coefficient (Wildman–Crippen LogP) is 0.972. The Morgan fingerprint density at radius 2 is 2.06 bits per heavy atom. The van der Waals surface area contributed by atoms with Gasteiger partial charge in [-0.15, -0.1) is 0 Å². The van der Waals surface area contributed by atoms with Crippen molar-refractivity contribution in [2.24, 2.45) is 0 Å². The van der Waals surface area contributed by atoms with Crippen molar-refractivity contribution >= 4 is 17.3 Å². The van der Waals surface area contributed by atoms with E-state index >= 15 is 0 Å². The summed E-state index contributed by atoms with van der Waals surface area (Å²) in [6.07, 6.45) is 0. The van der Waals surface area contributed by atoms with Gasteiger partial charge in [-0.3, -0.25) is 10.1 Å². The molecule has 0 saturated heterocycles. The minimum absolute atomic E-state index is 0.0284. The number of carbonyl (C=O) groups is 1. The maximum atomic E-state index is 11.3. The molecule has 0 aliphatic rings. The Hall–Kier alpha value is -2.31. The van der Waals surface area contributed by atoms with Crippen LogP contribution in [0.5, 0.6) is 5.75 Å². The number of nitrogen functional groups attached to an aromatic ring is 1. The van der Waals surface area contributed by atoms with Crippen LogP contribution in [0.4, 0.5) is 11.4 Å². The number of carbonyl (C=O) groups excluding carboxylic acids is 1. The highest BCUT2D eigenvalue weighted by molar-refractivity contribution is 5.96. The van der Waals surface area contributed by atoms with Gasteiger partial charge >= 0.3 is 11.7 Å². The maximum absolute atomic E-state index is 11.3. The molecule has 7 nitrogen and oxygen atoms in total. The van der Waals surface area contributed by atoms with E-state index in [2.05, 4.69) is 4.74 Å². The molecule has 16 heavy (non-hydrogen) atoms. The average molecular weight is 226 g/mol. The molecule has 0 aromatic heterocycles. The summed E-state index contributed by atoms with van der Waals surface area (Å²) in [4.78, 5) is 21.3. The van der Waals surface area contributed by atoms with Crippen molar-refractivity contribution in [1.29, 1.82) is 0 Å². The Morgan fingerprint density at radius 1 is 1.44 bits per heavy atom. The fraction of sp³-hybridized carbons (Fsp3) is 0.222. The van der Waals surface area contributed by atoms with Gasteiger partial charge in [0.05, 0.1) is 30.4 Å². The zero-order chi connectivity index (χ0) is 12.3. The summed E-state index contributed by atoms with van der Waals surface area (Å²) in [6, 6.07) is 2.24. The molecule has 0 spiro atoms. The minimum atomic E-state index is -0.675. The van der Waals surface area contributed by atoms with Gasteiger partial charge in [0.15, 0.2) is 5.75 Å². The van der Waals surface area contributed by atoms with Crippen LogP contribution in [0, 0.1) is 10.1 Å². The molecule has 0 fully saturated rings. The lowest BCUT2D eigenvalue weighted by molar-refractivity contribution is -0.385. The van der Waals surface area contributed by atoms with Crippen LogP contribution in [0.2, 0.25) is 0 Å². The highest BCUT2D eigenvalue weighted by atomic mass is 16.6. The number of anilines is 1. The third-order valence-electron chi connectivity index (χ3n) is 1.95. The number of nitrogens with zero attached hydrogens (tertiary/aromatic N) is 1. The zero-order valence-electron chi connectivity index (χ0n) is 8.72. The molecule has 1 aromatic carbocycles. The van der Waals surface area contributed by atoms with E-state index in [1.54, 1.807) is 0 Å². The van der Waals surface area contributed by atoms with E-state index in [0.29, 0.717) is 0 Å². The second-order valence-electron chi connectivity index (χ2n) is 2.86. The summed E-state index contributed by atoms with van der Waals surface area (Å²) in [5.74, 6) is -0.717. The summed E-state index contributed by atoms with van der Waals surface area (Å²) < 4.78 is 9.26. The zero-order valence-corrected chi connectivity index (χ0v) is 8.72. The number of nitro benzene ring substituents is 1. The molecular formula is C9H10N2O5. The molecule has 1 rings (SSSR count). The molecule has 2 N–H and O–H groups in total. The lowest BCUT2D eigenvalue weighted by atomic mass is 10.1. The van der Waals surface area contributed by atoms with Crippen LogP contribution in [0.1, 0.15) is 10.4 Å². The van der Waals surface area contributed by atoms with Crippen LogP contribution in [0.25, 0.3) is 0 Å². The molecule has 0 aliphatic carbocycles. The molecule has 86 valence electrons. The highest BCUT2D eigenvalue weighted by Gasteiger charge is 2.21. The van der Waals surface area contributed by atoms with Gasteiger partial charge in [-0.25, -0.2) is 4.79 Å². The minimum Gasteiger partial charge on any atom is -0.490 e. The van der Waals surface area contributed by atoms with Crippen LogP contribution in [0.3, 0.4) is 0 Å². The first-order valence-electron chi connectivity index (χ1n) is 4.21. The quantitative estimate of drug-likeness (QED) is 0.356. The Balaban J connectivity index is 3.37. The number of ether oxygens (including phenoxy) is 2. The first kappa shape index (κ1) is 11.8. The Bertz CT molecular complexity index is 444. The van der Waals surface area contributed by atoms with Gasteiger partial charge in [0.1, 0.15) is 0 Å². The van der Waals surface area contributed by atoms with Crippen molar-refractivity contribution < 1.29 is 19.2 Å². The Kier molecular flexibility index (Phi) is 3.29. The van der Waals surface area contributed by atoms with Crippen LogP contribution >= 0.6 is 0 Å². The second kappa shape index (κ2) is 4.47. The van der Waals surface area contributed by atoms with Crippen molar-refractivity contribution in [3.63, 3.8) is 0 Å². The monoisotopic (exact) mass is 226 g/mol. The summed E-state index contributed by atoms with van der Waals surface area (Å²) in [7, 11) is 2.45. The van der Waals surface area contributed by atoms with Crippen molar-refractivity contribution in [2.75, 3.05) is 20.0 Å². The largest absolute Gasteiger partial charge is 0.490 e. The molecule has 0 saturated carbocycles. The van der Waals surface area contributed by atoms with E-state index in [-0.39, 0.29) is 22.7 Å². The smallest absolute Gasteiger partial charge is 0.340 e. The molecule has 0 heterocycles. The molecule has 0 radical (unpaired) electrons. The molecule has 0 unspecified atom stereocenters. The Labute approximate surface area is 90.9 Å². The fourth-order valence-corrected chi connectivity index (χ4v) is 1.18. The van der Waals surface area contributed by atoms with Crippen LogP contribution in [0.15, 0.2) is 12.1 Å². The van der Waals surface area contributed by atoms with E-state index in [1.165, 1.54) is 20.3 Å². The van der Waals surface area contributed by atoms with Gasteiger partial charge in [0.2, 0.25) is 0 Å². The normalized spacial score (nSPS) is 9.62. The number of methoxy groups -OCH3 is 2. The van der Waals surface area contributed by atoms with E-state index < -0.39 is 10.9 Å². The average Bonchev–Trinajstić information content (AvgIpc) is 2.27. The van der Waals surface area contributed by atoms with Gasteiger partial charge in [-0.2, -0.15) is 0 Å². The molecule has 0 amide bonds. The van der Waals surface area contributed by atoms with Gasteiger partial charge < -0.3 is 15.2 Å². The van der Waals surface area contributed by atoms with Gasteiger partial charge in [0, 0.05) is 12.1 Å². The molecule has 0 bridgehead atoms. The summed E-state index contributed by atoms with van der Waals surface area (Å²) >= 11 is 0. The van der Waals surface area contributed by atoms with E-state index in [9.17, 15) is 14.9 Å². The SMILES string of the molecule is COC(=O)c1cc(OC)c([N+](=O)[O-])cc1N. The molecule has 7 heteroatoms. The molecule has 0 aliphatic heterocycles. The van der Waals surface area contributed by atoms with Crippen molar-refractivity contribution in [2.45, 2.75) is 0 Å². The van der Waals surface area contributed by atoms with Crippen LogP contribution in [-0.2, 0) is 4.74 Å². The predicted molar refractivity (Wildman–Crippen MR) is 55.4 cm³/mol. The fourth-order valence-electron chi connectivity index (χ4n) is 1.18. The van der Waals surface area contributed by atoms with Gasteiger partial charge in [0.25, 0.3) is 0 Å². The van der Waals surface area contributed by atoms with Crippen molar-refractivity contribution in [1.82, 2.24) is 0 Å². The summed E-state index contributed by atoms with van der Waals surface area (Å²) in [6.45, 7) is 0. The molecule has 1 aromatic rings. The van der Waals surface area contributed by atoms with Crippen LogP contribution < -0.4 is 10.5 Å².